The molecule has 1 aromatic heterocycles. The molecule has 2 aromatic carbocycles. The van der Waals surface area contributed by atoms with Gasteiger partial charge < -0.3 is 9.80 Å². The van der Waals surface area contributed by atoms with Gasteiger partial charge in [-0.1, -0.05) is 48.5 Å². The number of para-hydroxylation sites is 1. The zero-order chi connectivity index (χ0) is 19.6. The summed E-state index contributed by atoms with van der Waals surface area (Å²) >= 11 is 0. The van der Waals surface area contributed by atoms with Crippen molar-refractivity contribution in [3.8, 4) is 5.69 Å². The Kier molecular flexibility index (Phi) is 4.90. The Morgan fingerprint density at radius 1 is 0.966 bits per heavy atom. The molecule has 2 fully saturated rings. The molecule has 5 rings (SSSR count). The van der Waals surface area contributed by atoms with Gasteiger partial charge in [0.25, 0.3) is 5.91 Å². The SMILES string of the molecule is O=C(c1cc(C2CC2)nn1-c1ccccc1)N1CC[NH+](Cc2ccccc2)CC1. The summed E-state index contributed by atoms with van der Waals surface area (Å²) in [5, 5.41) is 4.79. The van der Waals surface area contributed by atoms with Crippen molar-refractivity contribution < 1.29 is 9.69 Å². The monoisotopic (exact) mass is 387 g/mol. The summed E-state index contributed by atoms with van der Waals surface area (Å²) < 4.78 is 1.85. The average Bonchev–Trinajstić information content (AvgIpc) is 3.53. The number of carbonyl (C=O) groups excluding carboxylic acids is 1. The number of nitrogens with zero attached hydrogens (tertiary/aromatic N) is 3. The van der Waals surface area contributed by atoms with Crippen LogP contribution in [0.1, 0.15) is 40.5 Å². The summed E-state index contributed by atoms with van der Waals surface area (Å²) in [4.78, 5) is 16.9. The smallest absolute Gasteiger partial charge is 0.273 e. The second-order valence-electron chi connectivity index (χ2n) is 8.18. The molecular weight excluding hydrogens is 360 g/mol. The predicted octanol–water partition coefficient (Wildman–Crippen LogP) is 2.29. The molecule has 1 saturated carbocycles. The molecule has 1 saturated heterocycles. The van der Waals surface area contributed by atoms with Crippen molar-refractivity contribution >= 4 is 5.91 Å². The molecular formula is C24H27N4O+. The van der Waals surface area contributed by atoms with Gasteiger partial charge in [0.2, 0.25) is 0 Å². The molecule has 148 valence electrons. The van der Waals surface area contributed by atoms with Crippen molar-refractivity contribution in [3.05, 3.63) is 83.7 Å². The standard InChI is InChI=1S/C24H26N4O/c29-24(27-15-13-26(14-16-27)18-19-7-3-1-4-8-19)23-17-22(20-11-12-20)25-28(23)21-9-5-2-6-10-21/h1-10,17,20H,11-16,18H2/p+1. The van der Waals surface area contributed by atoms with E-state index >= 15 is 0 Å². The van der Waals surface area contributed by atoms with E-state index in [4.69, 9.17) is 5.10 Å². The molecule has 0 atom stereocenters. The fourth-order valence-corrected chi connectivity index (χ4v) is 4.15. The number of aromatic nitrogens is 2. The molecule has 2 heterocycles. The summed E-state index contributed by atoms with van der Waals surface area (Å²) in [5.74, 6) is 0.630. The van der Waals surface area contributed by atoms with Crippen LogP contribution >= 0.6 is 0 Å². The summed E-state index contributed by atoms with van der Waals surface area (Å²) in [7, 11) is 0. The minimum atomic E-state index is 0.104. The Labute approximate surface area is 171 Å². The number of quaternary nitrogens is 1. The third-order valence-electron chi connectivity index (χ3n) is 6.00. The van der Waals surface area contributed by atoms with E-state index in [1.165, 1.54) is 23.3 Å². The van der Waals surface area contributed by atoms with Crippen LogP contribution in [0.4, 0.5) is 0 Å². The average molecular weight is 388 g/mol. The van der Waals surface area contributed by atoms with Gasteiger partial charge in [-0.25, -0.2) is 4.68 Å². The molecule has 3 aromatic rings. The number of rotatable bonds is 5. The summed E-state index contributed by atoms with van der Waals surface area (Å²) in [5.41, 5.74) is 4.07. The maximum atomic E-state index is 13.4. The van der Waals surface area contributed by atoms with E-state index in [0.717, 1.165) is 44.1 Å². The first-order chi connectivity index (χ1) is 14.3. The van der Waals surface area contributed by atoms with E-state index in [1.54, 1.807) is 0 Å². The molecule has 29 heavy (non-hydrogen) atoms. The second-order valence-corrected chi connectivity index (χ2v) is 8.18. The summed E-state index contributed by atoms with van der Waals surface area (Å²) in [6.07, 6.45) is 2.36. The van der Waals surface area contributed by atoms with E-state index in [9.17, 15) is 4.79 Å². The predicted molar refractivity (Wildman–Crippen MR) is 112 cm³/mol. The molecule has 1 aliphatic heterocycles. The lowest BCUT2D eigenvalue weighted by Crippen LogP contribution is -3.13. The number of hydrogen-bond acceptors (Lipinski definition) is 2. The fourth-order valence-electron chi connectivity index (χ4n) is 4.15. The van der Waals surface area contributed by atoms with Gasteiger partial charge >= 0.3 is 0 Å². The number of hydrogen-bond donors (Lipinski definition) is 1. The highest BCUT2D eigenvalue weighted by molar-refractivity contribution is 5.93. The molecule has 0 bridgehead atoms. The van der Waals surface area contributed by atoms with Gasteiger partial charge in [0.05, 0.1) is 37.6 Å². The zero-order valence-corrected chi connectivity index (χ0v) is 16.6. The highest BCUT2D eigenvalue weighted by atomic mass is 16.2. The third kappa shape index (κ3) is 3.96. The number of amides is 1. The molecule has 1 N–H and O–H groups in total. The molecule has 1 aliphatic carbocycles. The van der Waals surface area contributed by atoms with Crippen molar-refractivity contribution in [1.82, 2.24) is 14.7 Å². The van der Waals surface area contributed by atoms with Crippen LogP contribution in [0, 0.1) is 0 Å². The Morgan fingerprint density at radius 2 is 1.62 bits per heavy atom. The van der Waals surface area contributed by atoms with Gasteiger partial charge in [-0.2, -0.15) is 5.10 Å². The Hall–Kier alpha value is -2.92. The lowest BCUT2D eigenvalue weighted by atomic mass is 10.2. The van der Waals surface area contributed by atoms with E-state index in [0.29, 0.717) is 11.6 Å². The van der Waals surface area contributed by atoms with Crippen molar-refractivity contribution in [2.24, 2.45) is 0 Å². The minimum absolute atomic E-state index is 0.104. The topological polar surface area (TPSA) is 42.6 Å². The van der Waals surface area contributed by atoms with Crippen molar-refractivity contribution in [3.63, 3.8) is 0 Å². The molecule has 2 aliphatic rings. The first-order valence-electron chi connectivity index (χ1n) is 10.6. The van der Waals surface area contributed by atoms with Gasteiger partial charge in [0.1, 0.15) is 12.2 Å². The molecule has 0 spiro atoms. The number of nitrogens with one attached hydrogen (secondary N) is 1. The van der Waals surface area contributed by atoms with Crippen LogP contribution in [-0.4, -0.2) is 46.8 Å². The zero-order valence-electron chi connectivity index (χ0n) is 16.6. The highest BCUT2D eigenvalue weighted by Crippen LogP contribution is 2.39. The Balaban J connectivity index is 1.31. The van der Waals surface area contributed by atoms with Gasteiger partial charge in [-0.15, -0.1) is 0 Å². The lowest BCUT2D eigenvalue weighted by Gasteiger charge is -2.32. The van der Waals surface area contributed by atoms with Gasteiger partial charge in [0.15, 0.2) is 0 Å². The van der Waals surface area contributed by atoms with Gasteiger partial charge in [-0.05, 0) is 31.0 Å². The van der Waals surface area contributed by atoms with E-state index in [2.05, 4.69) is 30.3 Å². The number of piperazine rings is 1. The second kappa shape index (κ2) is 7.84. The molecule has 0 radical (unpaired) electrons. The molecule has 0 unspecified atom stereocenters. The Morgan fingerprint density at radius 3 is 2.28 bits per heavy atom. The molecule has 5 nitrogen and oxygen atoms in total. The van der Waals surface area contributed by atoms with Crippen LogP contribution in [0.3, 0.4) is 0 Å². The van der Waals surface area contributed by atoms with Crippen LogP contribution in [0.25, 0.3) is 5.69 Å². The van der Waals surface area contributed by atoms with E-state index in [-0.39, 0.29) is 5.91 Å². The van der Waals surface area contributed by atoms with Crippen LogP contribution < -0.4 is 4.90 Å². The maximum Gasteiger partial charge on any atom is 0.273 e. The minimum Gasteiger partial charge on any atom is -0.328 e. The van der Waals surface area contributed by atoms with Gasteiger partial charge in [0, 0.05) is 11.5 Å². The quantitative estimate of drug-likeness (QED) is 0.730. The van der Waals surface area contributed by atoms with Crippen molar-refractivity contribution in [2.75, 3.05) is 26.2 Å². The first-order valence-corrected chi connectivity index (χ1v) is 10.6. The van der Waals surface area contributed by atoms with Crippen LogP contribution in [0.5, 0.6) is 0 Å². The summed E-state index contributed by atoms with van der Waals surface area (Å²) in [6, 6.07) is 22.6. The summed E-state index contributed by atoms with van der Waals surface area (Å²) in [6.45, 7) is 4.57. The normalized spacial score (nSPS) is 17.4. The van der Waals surface area contributed by atoms with Crippen LogP contribution in [0.15, 0.2) is 66.7 Å². The van der Waals surface area contributed by atoms with Crippen molar-refractivity contribution in [2.45, 2.75) is 25.3 Å². The van der Waals surface area contributed by atoms with Crippen LogP contribution in [-0.2, 0) is 6.54 Å². The Bertz CT molecular complexity index is 971. The van der Waals surface area contributed by atoms with E-state index < -0.39 is 0 Å². The highest BCUT2D eigenvalue weighted by Gasteiger charge is 2.31. The van der Waals surface area contributed by atoms with E-state index in [1.807, 2.05) is 46.0 Å². The third-order valence-corrected chi connectivity index (χ3v) is 6.00. The first kappa shape index (κ1) is 18.1. The maximum absolute atomic E-state index is 13.4. The van der Waals surface area contributed by atoms with Crippen LogP contribution in [0.2, 0.25) is 0 Å². The molecule has 5 heteroatoms. The number of carbonyl (C=O) groups is 1. The van der Waals surface area contributed by atoms with Gasteiger partial charge in [-0.3, -0.25) is 4.79 Å². The largest absolute Gasteiger partial charge is 0.328 e. The lowest BCUT2D eigenvalue weighted by molar-refractivity contribution is -0.917. The molecule has 1 amide bonds. The fraction of sp³-hybridized carbons (Fsp3) is 0.333. The number of benzene rings is 2. The van der Waals surface area contributed by atoms with Crippen molar-refractivity contribution in [1.29, 1.82) is 0 Å².